The molecule has 0 aliphatic carbocycles. The molecule has 0 atom stereocenters. The second kappa shape index (κ2) is 5.80. The predicted molar refractivity (Wildman–Crippen MR) is 76.0 cm³/mol. The van der Waals surface area contributed by atoms with Gasteiger partial charge in [0.15, 0.2) is 15.9 Å². The maximum Gasteiger partial charge on any atom is 0.289 e. The maximum atomic E-state index is 12.2. The number of nitrogens with zero attached hydrogens (tertiary/aromatic N) is 3. The van der Waals surface area contributed by atoms with E-state index in [-0.39, 0.29) is 16.0 Å². The fourth-order valence-corrected chi connectivity index (χ4v) is 2.97. The third-order valence-corrected chi connectivity index (χ3v) is 4.46. The van der Waals surface area contributed by atoms with E-state index in [0.717, 1.165) is 18.5 Å². The van der Waals surface area contributed by atoms with E-state index < -0.39 is 25.5 Å². The molecule has 21 heavy (non-hydrogen) atoms. The highest BCUT2D eigenvalue weighted by atomic mass is 35.5. The first-order valence-corrected chi connectivity index (χ1v) is 7.49. The number of rotatable bonds is 4. The van der Waals surface area contributed by atoms with Crippen LogP contribution in [0.15, 0.2) is 35.5 Å². The van der Waals surface area contributed by atoms with E-state index in [9.17, 15) is 18.5 Å². The van der Waals surface area contributed by atoms with Crippen LogP contribution in [0.25, 0.3) is 0 Å². The average molecular weight is 349 g/mol. The fourth-order valence-electron chi connectivity index (χ4n) is 1.44. The first-order chi connectivity index (χ1) is 9.83. The average Bonchev–Trinajstić information content (AvgIpc) is 2.44. The molecule has 2 rings (SSSR count). The second-order valence-electron chi connectivity index (χ2n) is 3.66. The van der Waals surface area contributed by atoms with Crippen molar-refractivity contribution in [1.29, 1.82) is 0 Å². The van der Waals surface area contributed by atoms with E-state index in [4.69, 9.17) is 23.2 Å². The van der Waals surface area contributed by atoms with Gasteiger partial charge in [-0.25, -0.2) is 18.4 Å². The highest BCUT2D eigenvalue weighted by molar-refractivity contribution is 7.92. The Morgan fingerprint density at radius 3 is 2.52 bits per heavy atom. The Morgan fingerprint density at radius 2 is 1.86 bits per heavy atom. The molecule has 0 aliphatic heterocycles. The molecule has 8 nitrogen and oxygen atoms in total. The summed E-state index contributed by atoms with van der Waals surface area (Å²) < 4.78 is 26.5. The van der Waals surface area contributed by atoms with Crippen LogP contribution >= 0.6 is 23.2 Å². The topological polar surface area (TPSA) is 115 Å². The minimum absolute atomic E-state index is 0.146. The van der Waals surface area contributed by atoms with Crippen molar-refractivity contribution in [2.45, 2.75) is 4.90 Å². The molecular formula is C10H6Cl2N4O4S. The molecule has 0 bridgehead atoms. The lowest BCUT2D eigenvalue weighted by molar-refractivity contribution is -0.387. The number of hydrogen-bond donors (Lipinski definition) is 1. The molecule has 2 aromatic rings. The Bertz CT molecular complexity index is 812. The van der Waals surface area contributed by atoms with Crippen LogP contribution in [-0.4, -0.2) is 23.3 Å². The number of nitro groups is 1. The van der Waals surface area contributed by atoms with Crippen LogP contribution in [0.1, 0.15) is 0 Å². The predicted octanol–water partition coefficient (Wildman–Crippen LogP) is 2.49. The van der Waals surface area contributed by atoms with Gasteiger partial charge < -0.3 is 0 Å². The van der Waals surface area contributed by atoms with Gasteiger partial charge in [-0.05, 0) is 6.07 Å². The molecule has 0 amide bonds. The summed E-state index contributed by atoms with van der Waals surface area (Å²) in [7, 11) is -4.25. The van der Waals surface area contributed by atoms with Crippen LogP contribution in [-0.2, 0) is 10.0 Å². The fraction of sp³-hybridized carbons (Fsp3) is 0. The van der Waals surface area contributed by atoms with E-state index in [1.54, 1.807) is 0 Å². The maximum absolute atomic E-state index is 12.2. The van der Waals surface area contributed by atoms with Crippen LogP contribution in [0.5, 0.6) is 0 Å². The third kappa shape index (κ3) is 3.20. The van der Waals surface area contributed by atoms with Gasteiger partial charge in [0.2, 0.25) is 0 Å². The third-order valence-electron chi connectivity index (χ3n) is 2.33. The molecule has 0 radical (unpaired) electrons. The smallest absolute Gasteiger partial charge is 0.262 e. The Kier molecular flexibility index (Phi) is 4.26. The van der Waals surface area contributed by atoms with E-state index >= 15 is 0 Å². The zero-order valence-corrected chi connectivity index (χ0v) is 12.4. The van der Waals surface area contributed by atoms with Crippen LogP contribution < -0.4 is 4.72 Å². The first kappa shape index (κ1) is 15.4. The summed E-state index contributed by atoms with van der Waals surface area (Å²) in [6.07, 6.45) is 1.01. The SMILES string of the molecule is O=[N+]([O-])c1ccccc1S(=O)(=O)Nc1ncnc(Cl)c1Cl. The number of benzene rings is 1. The van der Waals surface area contributed by atoms with E-state index in [2.05, 4.69) is 9.97 Å². The molecular weight excluding hydrogens is 343 g/mol. The Labute approximate surface area is 128 Å². The van der Waals surface area contributed by atoms with Crippen molar-refractivity contribution in [3.8, 4) is 0 Å². The van der Waals surface area contributed by atoms with E-state index in [1.165, 1.54) is 12.1 Å². The number of nitro benzene ring substituents is 1. The minimum Gasteiger partial charge on any atom is -0.262 e. The molecule has 1 aromatic heterocycles. The van der Waals surface area contributed by atoms with E-state index in [1.807, 2.05) is 4.72 Å². The number of nitrogens with one attached hydrogen (secondary N) is 1. The number of para-hydroxylation sites is 1. The molecule has 0 unspecified atom stereocenters. The Balaban J connectivity index is 2.49. The monoisotopic (exact) mass is 348 g/mol. The molecule has 1 heterocycles. The Hall–Kier alpha value is -1.97. The number of hydrogen-bond acceptors (Lipinski definition) is 6. The van der Waals surface area contributed by atoms with Crippen molar-refractivity contribution in [2.24, 2.45) is 0 Å². The molecule has 0 saturated carbocycles. The second-order valence-corrected chi connectivity index (χ2v) is 6.04. The Morgan fingerprint density at radius 1 is 1.19 bits per heavy atom. The zero-order chi connectivity index (χ0) is 15.6. The number of aromatic nitrogens is 2. The standard InChI is InChI=1S/C10H6Cl2N4O4S/c11-8-9(12)13-5-14-10(8)15-21(19,20)7-4-2-1-3-6(7)16(17)18/h1-5H,(H,13,14,15). The highest BCUT2D eigenvalue weighted by Crippen LogP contribution is 2.29. The number of sulfonamides is 1. The van der Waals surface area contributed by atoms with Crippen molar-refractivity contribution in [2.75, 3.05) is 4.72 Å². The molecule has 11 heteroatoms. The lowest BCUT2D eigenvalue weighted by Crippen LogP contribution is -2.16. The van der Waals surface area contributed by atoms with Crippen LogP contribution in [0.3, 0.4) is 0 Å². The summed E-state index contributed by atoms with van der Waals surface area (Å²) in [6.45, 7) is 0. The van der Waals surface area contributed by atoms with Crippen molar-refractivity contribution in [3.05, 3.63) is 50.9 Å². The minimum atomic E-state index is -4.25. The summed E-state index contributed by atoms with van der Waals surface area (Å²) in [4.78, 5) is 16.8. The van der Waals surface area contributed by atoms with E-state index in [0.29, 0.717) is 0 Å². The lowest BCUT2D eigenvalue weighted by Gasteiger charge is -2.09. The largest absolute Gasteiger partial charge is 0.289 e. The normalized spacial score (nSPS) is 11.1. The van der Waals surface area contributed by atoms with Crippen molar-refractivity contribution < 1.29 is 13.3 Å². The summed E-state index contributed by atoms with van der Waals surface area (Å²) in [5.41, 5.74) is -0.568. The van der Waals surface area contributed by atoms with Crippen LogP contribution in [0, 0.1) is 10.1 Å². The van der Waals surface area contributed by atoms with Gasteiger partial charge in [-0.15, -0.1) is 0 Å². The van der Waals surface area contributed by atoms with Gasteiger partial charge in [0.05, 0.1) is 4.92 Å². The van der Waals surface area contributed by atoms with Gasteiger partial charge >= 0.3 is 0 Å². The molecule has 0 fully saturated rings. The summed E-state index contributed by atoms with van der Waals surface area (Å²) in [5, 5.41) is 10.5. The van der Waals surface area contributed by atoms with Gasteiger partial charge in [0, 0.05) is 6.07 Å². The quantitative estimate of drug-likeness (QED) is 0.515. The van der Waals surface area contributed by atoms with Crippen LogP contribution in [0.4, 0.5) is 11.5 Å². The van der Waals surface area contributed by atoms with Gasteiger partial charge in [0.25, 0.3) is 15.7 Å². The molecule has 1 aromatic carbocycles. The highest BCUT2D eigenvalue weighted by Gasteiger charge is 2.26. The summed E-state index contributed by atoms with van der Waals surface area (Å²) in [5.74, 6) is -0.269. The molecule has 0 aliphatic rings. The number of halogens is 2. The lowest BCUT2D eigenvalue weighted by atomic mass is 10.3. The van der Waals surface area contributed by atoms with Crippen molar-refractivity contribution in [3.63, 3.8) is 0 Å². The van der Waals surface area contributed by atoms with Crippen LogP contribution in [0.2, 0.25) is 10.2 Å². The molecule has 110 valence electrons. The zero-order valence-electron chi connectivity index (χ0n) is 10.0. The van der Waals surface area contributed by atoms with Gasteiger partial charge in [-0.1, -0.05) is 35.3 Å². The summed E-state index contributed by atoms with van der Waals surface area (Å²) in [6, 6.07) is 4.88. The number of anilines is 1. The summed E-state index contributed by atoms with van der Waals surface area (Å²) >= 11 is 11.4. The van der Waals surface area contributed by atoms with Gasteiger partial charge in [0.1, 0.15) is 11.3 Å². The van der Waals surface area contributed by atoms with Crippen molar-refractivity contribution >= 4 is 44.7 Å². The molecule has 1 N–H and O–H groups in total. The van der Waals surface area contributed by atoms with Gasteiger partial charge in [-0.2, -0.15) is 0 Å². The van der Waals surface area contributed by atoms with Gasteiger partial charge in [-0.3, -0.25) is 14.8 Å². The van der Waals surface area contributed by atoms with Crippen molar-refractivity contribution in [1.82, 2.24) is 9.97 Å². The molecule has 0 saturated heterocycles. The first-order valence-electron chi connectivity index (χ1n) is 5.25. The molecule has 0 spiro atoms.